The smallest absolute Gasteiger partial charge is 0.287 e. The number of rotatable bonds is 5. The highest BCUT2D eigenvalue weighted by Crippen LogP contribution is 2.40. The van der Waals surface area contributed by atoms with E-state index >= 15 is 0 Å². The third-order valence-electron chi connectivity index (χ3n) is 5.07. The number of hydrogen-bond donors (Lipinski definition) is 1. The molecular formula is C19H24ClN3O3. The van der Waals surface area contributed by atoms with E-state index in [1.807, 2.05) is 12.1 Å². The Morgan fingerprint density at radius 3 is 2.81 bits per heavy atom. The van der Waals surface area contributed by atoms with Gasteiger partial charge in [-0.15, -0.1) is 0 Å². The molecule has 7 heteroatoms. The van der Waals surface area contributed by atoms with Gasteiger partial charge in [0.2, 0.25) is 0 Å². The maximum Gasteiger partial charge on any atom is 0.287 e. The zero-order valence-electron chi connectivity index (χ0n) is 15.3. The first-order valence-corrected chi connectivity index (χ1v) is 9.03. The standard InChI is InChI=1S/C19H24ClN3O3/c1-13-4-5-16(25-3)14(10-13)19(6-8-26-9-7-19)12-21-15-11-22-23(2)18(24)17(15)20/h4-5,10-11,21H,6-9,12H2,1-3H3. The van der Waals surface area contributed by atoms with Gasteiger partial charge < -0.3 is 14.8 Å². The minimum absolute atomic E-state index is 0.154. The molecule has 1 aromatic carbocycles. The average Bonchev–Trinajstić information content (AvgIpc) is 2.66. The number of halogens is 1. The summed E-state index contributed by atoms with van der Waals surface area (Å²) in [6, 6.07) is 6.23. The number of aromatic nitrogens is 2. The predicted octanol–water partition coefficient (Wildman–Crippen LogP) is 2.91. The Hall–Kier alpha value is -2.05. The van der Waals surface area contributed by atoms with E-state index in [1.54, 1.807) is 20.4 Å². The minimum Gasteiger partial charge on any atom is -0.496 e. The first kappa shape index (κ1) is 18.7. The van der Waals surface area contributed by atoms with Gasteiger partial charge in [0.1, 0.15) is 10.8 Å². The number of nitrogens with zero attached hydrogens (tertiary/aromatic N) is 2. The van der Waals surface area contributed by atoms with E-state index in [1.165, 1.54) is 10.2 Å². The van der Waals surface area contributed by atoms with Crippen LogP contribution >= 0.6 is 11.6 Å². The topological polar surface area (TPSA) is 65.4 Å². The first-order chi connectivity index (χ1) is 12.5. The lowest BCUT2D eigenvalue weighted by Gasteiger charge is -2.39. The van der Waals surface area contributed by atoms with Gasteiger partial charge in [0.15, 0.2) is 0 Å². The molecule has 1 fully saturated rings. The summed E-state index contributed by atoms with van der Waals surface area (Å²) in [7, 11) is 3.27. The largest absolute Gasteiger partial charge is 0.496 e. The van der Waals surface area contributed by atoms with E-state index < -0.39 is 0 Å². The van der Waals surface area contributed by atoms with Gasteiger partial charge in [-0.05, 0) is 25.8 Å². The molecule has 1 aliphatic rings. The van der Waals surface area contributed by atoms with Crippen molar-refractivity contribution in [1.82, 2.24) is 9.78 Å². The number of methoxy groups -OCH3 is 1. The molecule has 0 aliphatic carbocycles. The van der Waals surface area contributed by atoms with Gasteiger partial charge in [0.05, 0.1) is 19.0 Å². The molecule has 1 aromatic heterocycles. The summed E-state index contributed by atoms with van der Waals surface area (Å²) in [6.45, 7) is 4.05. The van der Waals surface area contributed by atoms with Crippen LogP contribution in [0.5, 0.6) is 5.75 Å². The molecule has 0 bridgehead atoms. The van der Waals surface area contributed by atoms with Crippen LogP contribution in [0.4, 0.5) is 5.69 Å². The molecule has 1 aliphatic heterocycles. The zero-order valence-corrected chi connectivity index (χ0v) is 16.1. The summed E-state index contributed by atoms with van der Waals surface area (Å²) in [5, 5.41) is 7.55. The van der Waals surface area contributed by atoms with Gasteiger partial charge in [0.25, 0.3) is 5.56 Å². The number of nitrogens with one attached hydrogen (secondary N) is 1. The monoisotopic (exact) mass is 377 g/mol. The fourth-order valence-electron chi connectivity index (χ4n) is 3.44. The lowest BCUT2D eigenvalue weighted by Crippen LogP contribution is -2.40. The molecule has 3 rings (SSSR count). The van der Waals surface area contributed by atoms with Gasteiger partial charge >= 0.3 is 0 Å². The van der Waals surface area contributed by atoms with Crippen molar-refractivity contribution >= 4 is 17.3 Å². The second-order valence-electron chi connectivity index (χ2n) is 6.75. The normalized spacial score (nSPS) is 16.3. The van der Waals surface area contributed by atoms with Gasteiger partial charge in [-0.1, -0.05) is 29.3 Å². The Morgan fingerprint density at radius 1 is 1.38 bits per heavy atom. The zero-order chi connectivity index (χ0) is 18.7. The predicted molar refractivity (Wildman–Crippen MR) is 102 cm³/mol. The van der Waals surface area contributed by atoms with Crippen LogP contribution in [0.15, 0.2) is 29.2 Å². The average molecular weight is 378 g/mol. The fourth-order valence-corrected chi connectivity index (χ4v) is 3.68. The lowest BCUT2D eigenvalue weighted by molar-refractivity contribution is 0.0535. The summed E-state index contributed by atoms with van der Waals surface area (Å²) in [5.74, 6) is 0.868. The Morgan fingerprint density at radius 2 is 2.12 bits per heavy atom. The van der Waals surface area contributed by atoms with E-state index in [0.717, 1.165) is 24.2 Å². The number of hydrogen-bond acceptors (Lipinski definition) is 5. The number of anilines is 1. The number of benzene rings is 1. The highest BCUT2D eigenvalue weighted by atomic mass is 35.5. The van der Waals surface area contributed by atoms with Crippen molar-refractivity contribution in [1.29, 1.82) is 0 Å². The van der Waals surface area contributed by atoms with E-state index in [4.69, 9.17) is 21.1 Å². The summed E-state index contributed by atoms with van der Waals surface area (Å²) in [4.78, 5) is 12.0. The maximum atomic E-state index is 12.0. The summed E-state index contributed by atoms with van der Waals surface area (Å²) < 4.78 is 12.5. The number of ether oxygens (including phenoxy) is 2. The molecule has 1 N–H and O–H groups in total. The SMILES string of the molecule is COc1ccc(C)cc1C1(CNc2cnn(C)c(=O)c2Cl)CCOCC1. The molecule has 0 unspecified atom stereocenters. The van der Waals surface area contributed by atoms with E-state index in [-0.39, 0.29) is 16.0 Å². The molecule has 26 heavy (non-hydrogen) atoms. The molecular weight excluding hydrogens is 354 g/mol. The van der Waals surface area contributed by atoms with Crippen molar-refractivity contribution in [3.05, 3.63) is 50.9 Å². The molecule has 2 aromatic rings. The third-order valence-corrected chi connectivity index (χ3v) is 5.44. The molecule has 0 atom stereocenters. The van der Waals surface area contributed by atoms with Crippen molar-refractivity contribution in [3.8, 4) is 5.75 Å². The lowest BCUT2D eigenvalue weighted by atomic mass is 9.73. The van der Waals surface area contributed by atoms with Crippen molar-refractivity contribution in [3.63, 3.8) is 0 Å². The molecule has 1 saturated heterocycles. The Labute approximate surface area is 158 Å². The summed E-state index contributed by atoms with van der Waals surface area (Å²) in [5.41, 5.74) is 2.40. The highest BCUT2D eigenvalue weighted by Gasteiger charge is 2.37. The number of aryl methyl sites for hydroxylation is 2. The van der Waals surface area contributed by atoms with Crippen molar-refractivity contribution in [2.24, 2.45) is 7.05 Å². The van der Waals surface area contributed by atoms with Crippen LogP contribution in [0.1, 0.15) is 24.0 Å². The van der Waals surface area contributed by atoms with E-state index in [0.29, 0.717) is 25.4 Å². The second kappa shape index (κ2) is 7.68. The van der Waals surface area contributed by atoms with Crippen LogP contribution < -0.4 is 15.6 Å². The molecule has 0 saturated carbocycles. The highest BCUT2D eigenvalue weighted by molar-refractivity contribution is 6.32. The van der Waals surface area contributed by atoms with Gasteiger partial charge in [0, 0.05) is 37.8 Å². The fraction of sp³-hybridized carbons (Fsp3) is 0.474. The molecule has 0 radical (unpaired) electrons. The van der Waals surface area contributed by atoms with Crippen LogP contribution in [-0.4, -0.2) is 36.6 Å². The van der Waals surface area contributed by atoms with Crippen LogP contribution in [-0.2, 0) is 17.2 Å². The third kappa shape index (κ3) is 3.57. The van der Waals surface area contributed by atoms with Crippen LogP contribution in [0.2, 0.25) is 5.02 Å². The minimum atomic E-state index is -0.314. The summed E-state index contributed by atoms with van der Waals surface area (Å²) >= 11 is 6.21. The van der Waals surface area contributed by atoms with Gasteiger partial charge in [-0.2, -0.15) is 5.10 Å². The first-order valence-electron chi connectivity index (χ1n) is 8.65. The van der Waals surface area contributed by atoms with Crippen LogP contribution in [0, 0.1) is 6.92 Å². The van der Waals surface area contributed by atoms with E-state index in [9.17, 15) is 4.79 Å². The Balaban J connectivity index is 1.96. The molecule has 6 nitrogen and oxygen atoms in total. The molecule has 140 valence electrons. The molecule has 0 amide bonds. The van der Waals surface area contributed by atoms with Crippen molar-refractivity contribution in [2.45, 2.75) is 25.2 Å². The van der Waals surface area contributed by atoms with Crippen molar-refractivity contribution in [2.75, 3.05) is 32.2 Å². The van der Waals surface area contributed by atoms with Gasteiger partial charge in [-0.3, -0.25) is 4.79 Å². The van der Waals surface area contributed by atoms with Gasteiger partial charge in [-0.25, -0.2) is 4.68 Å². The Kier molecular flexibility index (Phi) is 5.53. The van der Waals surface area contributed by atoms with Crippen LogP contribution in [0.3, 0.4) is 0 Å². The van der Waals surface area contributed by atoms with Crippen LogP contribution in [0.25, 0.3) is 0 Å². The molecule has 2 heterocycles. The van der Waals surface area contributed by atoms with Crippen molar-refractivity contribution < 1.29 is 9.47 Å². The second-order valence-corrected chi connectivity index (χ2v) is 7.13. The molecule has 0 spiro atoms. The Bertz CT molecular complexity index is 844. The quantitative estimate of drug-likeness (QED) is 0.867. The maximum absolute atomic E-state index is 12.0. The van der Waals surface area contributed by atoms with E-state index in [2.05, 4.69) is 23.4 Å². The summed E-state index contributed by atoms with van der Waals surface area (Å²) in [6.07, 6.45) is 3.30.